The SMILES string of the molecule is CC(c1ccc(F)cc1F)N1CCCC(CNS(C)(=O)=O)C1. The van der Waals surface area contributed by atoms with Gasteiger partial charge in [0.1, 0.15) is 11.6 Å². The molecule has 0 bridgehead atoms. The first kappa shape index (κ1) is 17.3. The van der Waals surface area contributed by atoms with Crippen LogP contribution in [0.3, 0.4) is 0 Å². The standard InChI is InChI=1S/C15H22F2N2O2S/c1-11(14-6-5-13(16)8-15(14)17)19-7-3-4-12(10-19)9-18-22(2,20)21/h5-6,8,11-12,18H,3-4,7,9-10H2,1-2H3. The summed E-state index contributed by atoms with van der Waals surface area (Å²) in [6.45, 7) is 3.81. The van der Waals surface area contributed by atoms with Gasteiger partial charge in [-0.2, -0.15) is 0 Å². The van der Waals surface area contributed by atoms with E-state index in [0.717, 1.165) is 31.7 Å². The highest BCUT2D eigenvalue weighted by molar-refractivity contribution is 7.88. The van der Waals surface area contributed by atoms with Gasteiger partial charge in [-0.05, 0) is 38.3 Å². The van der Waals surface area contributed by atoms with Gasteiger partial charge >= 0.3 is 0 Å². The summed E-state index contributed by atoms with van der Waals surface area (Å²) in [5.74, 6) is -0.916. The van der Waals surface area contributed by atoms with Gasteiger partial charge in [0.2, 0.25) is 10.0 Å². The van der Waals surface area contributed by atoms with E-state index >= 15 is 0 Å². The van der Waals surface area contributed by atoms with E-state index in [1.807, 2.05) is 6.92 Å². The van der Waals surface area contributed by atoms with Crippen LogP contribution in [-0.2, 0) is 10.0 Å². The van der Waals surface area contributed by atoms with Gasteiger partial charge in [0.05, 0.1) is 6.26 Å². The molecule has 1 aliphatic rings. The number of nitrogens with one attached hydrogen (secondary N) is 1. The number of hydrogen-bond acceptors (Lipinski definition) is 3. The van der Waals surface area contributed by atoms with Crippen LogP contribution in [0.1, 0.15) is 31.4 Å². The summed E-state index contributed by atoms with van der Waals surface area (Å²) in [6.07, 6.45) is 3.02. The molecule has 0 spiro atoms. The number of halogens is 2. The summed E-state index contributed by atoms with van der Waals surface area (Å²) in [5, 5.41) is 0. The van der Waals surface area contributed by atoms with Crippen LogP contribution in [0.4, 0.5) is 8.78 Å². The molecule has 2 unspecified atom stereocenters. The molecule has 124 valence electrons. The molecule has 1 saturated heterocycles. The third-order valence-corrected chi connectivity index (χ3v) is 4.84. The lowest BCUT2D eigenvalue weighted by Crippen LogP contribution is -2.41. The van der Waals surface area contributed by atoms with Gasteiger partial charge in [-0.25, -0.2) is 21.9 Å². The fraction of sp³-hybridized carbons (Fsp3) is 0.600. The Kier molecular flexibility index (Phi) is 5.52. The molecular weight excluding hydrogens is 310 g/mol. The molecule has 7 heteroatoms. The Morgan fingerprint density at radius 3 is 2.77 bits per heavy atom. The van der Waals surface area contributed by atoms with E-state index in [0.29, 0.717) is 18.7 Å². The molecule has 1 fully saturated rings. The highest BCUT2D eigenvalue weighted by Crippen LogP contribution is 2.28. The van der Waals surface area contributed by atoms with Crippen molar-refractivity contribution in [2.45, 2.75) is 25.8 Å². The van der Waals surface area contributed by atoms with Gasteiger partial charge in [-0.3, -0.25) is 4.90 Å². The molecule has 0 saturated carbocycles. The van der Waals surface area contributed by atoms with Crippen molar-refractivity contribution in [3.63, 3.8) is 0 Å². The predicted octanol–water partition coefficient (Wildman–Crippen LogP) is 2.29. The van der Waals surface area contributed by atoms with Crippen LogP contribution < -0.4 is 4.72 Å². The fourth-order valence-corrected chi connectivity index (χ4v) is 3.46. The van der Waals surface area contributed by atoms with Crippen molar-refractivity contribution in [2.24, 2.45) is 5.92 Å². The van der Waals surface area contributed by atoms with Gasteiger partial charge in [-0.1, -0.05) is 6.07 Å². The van der Waals surface area contributed by atoms with E-state index < -0.39 is 21.7 Å². The lowest BCUT2D eigenvalue weighted by atomic mass is 9.95. The normalized spacial score (nSPS) is 21.7. The van der Waals surface area contributed by atoms with Crippen molar-refractivity contribution in [1.29, 1.82) is 0 Å². The third-order valence-electron chi connectivity index (χ3n) is 4.14. The molecule has 2 atom stereocenters. The van der Waals surface area contributed by atoms with Gasteiger partial charge < -0.3 is 0 Å². The first-order valence-corrected chi connectivity index (χ1v) is 9.29. The number of sulfonamides is 1. The van der Waals surface area contributed by atoms with E-state index in [4.69, 9.17) is 0 Å². The molecule has 1 aromatic carbocycles. The van der Waals surface area contributed by atoms with E-state index in [-0.39, 0.29) is 12.0 Å². The van der Waals surface area contributed by atoms with Crippen molar-refractivity contribution in [2.75, 3.05) is 25.9 Å². The highest BCUT2D eigenvalue weighted by atomic mass is 32.2. The third kappa shape index (κ3) is 4.72. The van der Waals surface area contributed by atoms with E-state index in [1.165, 1.54) is 12.1 Å². The summed E-state index contributed by atoms with van der Waals surface area (Å²) >= 11 is 0. The monoisotopic (exact) mass is 332 g/mol. The number of likely N-dealkylation sites (tertiary alicyclic amines) is 1. The smallest absolute Gasteiger partial charge is 0.208 e. The van der Waals surface area contributed by atoms with Crippen LogP contribution in [0.2, 0.25) is 0 Å². The van der Waals surface area contributed by atoms with Crippen LogP contribution in [0.15, 0.2) is 18.2 Å². The van der Waals surface area contributed by atoms with Crippen molar-refractivity contribution >= 4 is 10.0 Å². The molecular formula is C15H22F2N2O2S. The van der Waals surface area contributed by atoms with Gasteiger partial charge in [0.25, 0.3) is 0 Å². The Morgan fingerprint density at radius 2 is 2.14 bits per heavy atom. The maximum absolute atomic E-state index is 13.9. The topological polar surface area (TPSA) is 49.4 Å². The minimum atomic E-state index is -3.20. The van der Waals surface area contributed by atoms with E-state index in [1.54, 1.807) is 0 Å². The molecule has 2 rings (SSSR count). The lowest BCUT2D eigenvalue weighted by molar-refractivity contribution is 0.131. The molecule has 0 aliphatic carbocycles. The number of benzene rings is 1. The number of rotatable bonds is 5. The molecule has 1 heterocycles. The minimum absolute atomic E-state index is 0.165. The Bertz CT molecular complexity index is 622. The Balaban J connectivity index is 2.02. The summed E-state index contributed by atoms with van der Waals surface area (Å²) in [7, 11) is -3.20. The van der Waals surface area contributed by atoms with Crippen molar-refractivity contribution in [3.8, 4) is 0 Å². The van der Waals surface area contributed by atoms with Crippen LogP contribution in [0, 0.1) is 17.6 Å². The highest BCUT2D eigenvalue weighted by Gasteiger charge is 2.26. The zero-order chi connectivity index (χ0) is 16.3. The van der Waals surface area contributed by atoms with E-state index in [2.05, 4.69) is 9.62 Å². The molecule has 1 aliphatic heterocycles. The molecule has 4 nitrogen and oxygen atoms in total. The second-order valence-corrected chi connectivity index (χ2v) is 7.80. The summed E-state index contributed by atoms with van der Waals surface area (Å²) in [6, 6.07) is 3.48. The van der Waals surface area contributed by atoms with Crippen molar-refractivity contribution in [1.82, 2.24) is 9.62 Å². The fourth-order valence-electron chi connectivity index (χ4n) is 2.92. The molecule has 0 aromatic heterocycles. The maximum atomic E-state index is 13.9. The van der Waals surface area contributed by atoms with Gasteiger partial charge in [0, 0.05) is 30.8 Å². The van der Waals surface area contributed by atoms with E-state index in [9.17, 15) is 17.2 Å². The van der Waals surface area contributed by atoms with Crippen LogP contribution in [0.5, 0.6) is 0 Å². The number of hydrogen-bond donors (Lipinski definition) is 1. The second kappa shape index (κ2) is 7.02. The predicted molar refractivity (Wildman–Crippen MR) is 81.9 cm³/mol. The molecule has 1 N–H and O–H groups in total. The minimum Gasteiger partial charge on any atom is -0.296 e. The molecule has 0 amide bonds. The number of nitrogens with zero attached hydrogens (tertiary/aromatic N) is 1. The summed E-state index contributed by atoms with van der Waals surface area (Å²) in [5.41, 5.74) is 0.470. The lowest BCUT2D eigenvalue weighted by Gasteiger charge is -2.37. The summed E-state index contributed by atoms with van der Waals surface area (Å²) < 4.78 is 51.8. The molecule has 22 heavy (non-hydrogen) atoms. The maximum Gasteiger partial charge on any atom is 0.208 e. The average Bonchev–Trinajstić information content (AvgIpc) is 2.44. The Hall–Kier alpha value is -1.05. The molecule has 1 aromatic rings. The quantitative estimate of drug-likeness (QED) is 0.900. The Labute approximate surface area is 130 Å². The van der Waals surface area contributed by atoms with Crippen molar-refractivity contribution in [3.05, 3.63) is 35.4 Å². The average molecular weight is 332 g/mol. The van der Waals surface area contributed by atoms with Crippen LogP contribution >= 0.6 is 0 Å². The Morgan fingerprint density at radius 1 is 1.41 bits per heavy atom. The largest absolute Gasteiger partial charge is 0.296 e. The van der Waals surface area contributed by atoms with Crippen LogP contribution in [0.25, 0.3) is 0 Å². The summed E-state index contributed by atoms with van der Waals surface area (Å²) in [4.78, 5) is 2.12. The first-order chi connectivity index (χ1) is 10.3. The number of piperidine rings is 1. The zero-order valence-corrected chi connectivity index (χ0v) is 13.7. The first-order valence-electron chi connectivity index (χ1n) is 7.40. The van der Waals surface area contributed by atoms with Gasteiger partial charge in [0.15, 0.2) is 0 Å². The molecule has 0 radical (unpaired) electrons. The van der Waals surface area contributed by atoms with Crippen molar-refractivity contribution < 1.29 is 17.2 Å². The van der Waals surface area contributed by atoms with Crippen LogP contribution in [-0.4, -0.2) is 39.2 Å². The van der Waals surface area contributed by atoms with Gasteiger partial charge in [-0.15, -0.1) is 0 Å². The zero-order valence-electron chi connectivity index (χ0n) is 12.9. The second-order valence-electron chi connectivity index (χ2n) is 5.97.